The third-order valence-corrected chi connectivity index (χ3v) is 4.21. The molecule has 0 aromatic heterocycles. The molecule has 0 saturated carbocycles. The van der Waals surface area contributed by atoms with Crippen LogP contribution in [0.25, 0.3) is 0 Å². The molecule has 1 atom stereocenters. The van der Waals surface area contributed by atoms with E-state index in [1.165, 1.54) is 18.2 Å². The molecule has 1 saturated heterocycles. The van der Waals surface area contributed by atoms with E-state index in [9.17, 15) is 9.50 Å². The average molecular weight is 286 g/mol. The highest BCUT2D eigenvalue weighted by molar-refractivity contribution is 6.31. The van der Waals surface area contributed by atoms with Crippen molar-refractivity contribution in [2.24, 2.45) is 0 Å². The van der Waals surface area contributed by atoms with Gasteiger partial charge in [0.2, 0.25) is 0 Å². The van der Waals surface area contributed by atoms with Gasteiger partial charge in [0.25, 0.3) is 0 Å². The molecule has 1 aromatic rings. The van der Waals surface area contributed by atoms with Crippen molar-refractivity contribution in [1.82, 2.24) is 4.90 Å². The highest BCUT2D eigenvalue weighted by Gasteiger charge is 2.33. The Labute approximate surface area is 119 Å². The molecular weight excluding hydrogens is 265 g/mol. The predicted molar refractivity (Wildman–Crippen MR) is 75.9 cm³/mol. The van der Waals surface area contributed by atoms with E-state index in [0.717, 1.165) is 32.5 Å². The molecule has 19 heavy (non-hydrogen) atoms. The van der Waals surface area contributed by atoms with Crippen molar-refractivity contribution in [3.8, 4) is 0 Å². The first kappa shape index (κ1) is 14.8. The van der Waals surface area contributed by atoms with Gasteiger partial charge in [0.05, 0.1) is 5.60 Å². The SMILES string of the molecule is CCCN1CCCC(O)(c2cc(F)ccc2Cl)CC1. The van der Waals surface area contributed by atoms with Crippen LogP contribution in [-0.2, 0) is 5.60 Å². The molecule has 2 rings (SSSR count). The number of hydrogen-bond acceptors (Lipinski definition) is 2. The quantitative estimate of drug-likeness (QED) is 0.918. The fourth-order valence-corrected chi connectivity index (χ4v) is 3.13. The number of benzene rings is 1. The lowest BCUT2D eigenvalue weighted by molar-refractivity contribution is 0.0210. The fraction of sp³-hybridized carbons (Fsp3) is 0.600. The predicted octanol–water partition coefficient (Wildman–Crippen LogP) is 3.56. The Morgan fingerprint density at radius 2 is 2.16 bits per heavy atom. The second kappa shape index (κ2) is 6.21. The minimum Gasteiger partial charge on any atom is -0.385 e. The van der Waals surface area contributed by atoms with E-state index in [1.54, 1.807) is 0 Å². The summed E-state index contributed by atoms with van der Waals surface area (Å²) in [5.41, 5.74) is -0.464. The minimum absolute atomic E-state index is 0.345. The molecule has 106 valence electrons. The van der Waals surface area contributed by atoms with Gasteiger partial charge in [-0.3, -0.25) is 0 Å². The zero-order chi connectivity index (χ0) is 13.9. The Kier molecular flexibility index (Phi) is 4.82. The average Bonchev–Trinajstić information content (AvgIpc) is 2.56. The molecular formula is C15H21ClFNO. The van der Waals surface area contributed by atoms with Crippen molar-refractivity contribution >= 4 is 11.6 Å². The number of halogens is 2. The van der Waals surface area contributed by atoms with Gasteiger partial charge >= 0.3 is 0 Å². The van der Waals surface area contributed by atoms with Crippen LogP contribution in [0.15, 0.2) is 18.2 Å². The lowest BCUT2D eigenvalue weighted by Crippen LogP contribution is -2.30. The van der Waals surface area contributed by atoms with E-state index in [4.69, 9.17) is 11.6 Å². The zero-order valence-corrected chi connectivity index (χ0v) is 12.1. The minimum atomic E-state index is -0.998. The highest BCUT2D eigenvalue weighted by atomic mass is 35.5. The molecule has 1 aliphatic rings. The van der Waals surface area contributed by atoms with E-state index in [2.05, 4.69) is 11.8 Å². The van der Waals surface area contributed by atoms with Gasteiger partial charge in [0, 0.05) is 17.1 Å². The molecule has 0 amide bonds. The Morgan fingerprint density at radius 3 is 2.89 bits per heavy atom. The van der Waals surface area contributed by atoms with Crippen molar-refractivity contribution in [3.63, 3.8) is 0 Å². The first-order chi connectivity index (χ1) is 9.05. The van der Waals surface area contributed by atoms with Gasteiger partial charge in [-0.25, -0.2) is 4.39 Å². The molecule has 1 aliphatic heterocycles. The molecule has 1 unspecified atom stereocenters. The Bertz CT molecular complexity index is 440. The molecule has 4 heteroatoms. The Balaban J connectivity index is 2.20. The van der Waals surface area contributed by atoms with Crippen molar-refractivity contribution in [2.45, 2.75) is 38.2 Å². The first-order valence-electron chi connectivity index (χ1n) is 6.95. The summed E-state index contributed by atoms with van der Waals surface area (Å²) in [5, 5.41) is 11.3. The van der Waals surface area contributed by atoms with Crippen molar-refractivity contribution < 1.29 is 9.50 Å². The van der Waals surface area contributed by atoms with Crippen molar-refractivity contribution in [3.05, 3.63) is 34.6 Å². The van der Waals surface area contributed by atoms with Gasteiger partial charge in [-0.1, -0.05) is 18.5 Å². The van der Waals surface area contributed by atoms with Gasteiger partial charge in [0.15, 0.2) is 0 Å². The second-order valence-electron chi connectivity index (χ2n) is 5.35. The van der Waals surface area contributed by atoms with Crippen LogP contribution in [0.4, 0.5) is 4.39 Å². The highest BCUT2D eigenvalue weighted by Crippen LogP contribution is 2.37. The first-order valence-corrected chi connectivity index (χ1v) is 7.33. The molecule has 0 spiro atoms. The number of likely N-dealkylation sites (tertiary alicyclic amines) is 1. The second-order valence-corrected chi connectivity index (χ2v) is 5.76. The summed E-state index contributed by atoms with van der Waals surface area (Å²) in [6, 6.07) is 4.23. The standard InChI is InChI=1S/C15H21ClFNO/c1-2-8-18-9-3-6-15(19,7-10-18)13-11-12(17)4-5-14(13)16/h4-5,11,19H,2-3,6-10H2,1H3. The summed E-state index contributed by atoms with van der Waals surface area (Å²) in [7, 11) is 0. The van der Waals surface area contributed by atoms with Crippen molar-refractivity contribution in [2.75, 3.05) is 19.6 Å². The van der Waals surface area contributed by atoms with Crippen LogP contribution < -0.4 is 0 Å². The number of nitrogens with zero attached hydrogens (tertiary/aromatic N) is 1. The fourth-order valence-electron chi connectivity index (χ4n) is 2.84. The van der Waals surface area contributed by atoms with E-state index in [1.807, 2.05) is 0 Å². The lowest BCUT2D eigenvalue weighted by Gasteiger charge is -2.28. The molecule has 2 nitrogen and oxygen atoms in total. The van der Waals surface area contributed by atoms with Crippen LogP contribution in [0.1, 0.15) is 38.2 Å². The van der Waals surface area contributed by atoms with Crippen LogP contribution in [0.2, 0.25) is 5.02 Å². The van der Waals surface area contributed by atoms with Gasteiger partial charge in [-0.2, -0.15) is 0 Å². The van der Waals surface area contributed by atoms with Gasteiger partial charge in [-0.05, 0) is 57.0 Å². The van der Waals surface area contributed by atoms with Crippen LogP contribution in [0, 0.1) is 5.82 Å². The topological polar surface area (TPSA) is 23.5 Å². The maximum absolute atomic E-state index is 13.4. The third kappa shape index (κ3) is 3.47. The van der Waals surface area contributed by atoms with Crippen molar-refractivity contribution in [1.29, 1.82) is 0 Å². The Hall–Kier alpha value is -0.640. The molecule has 1 fully saturated rings. The summed E-state index contributed by atoms with van der Waals surface area (Å²) in [5.74, 6) is -0.345. The molecule has 1 N–H and O–H groups in total. The van der Waals surface area contributed by atoms with Gasteiger partial charge < -0.3 is 10.0 Å². The molecule has 0 bridgehead atoms. The summed E-state index contributed by atoms with van der Waals surface area (Å²) in [4.78, 5) is 2.35. The third-order valence-electron chi connectivity index (χ3n) is 3.88. The van der Waals surface area contributed by atoms with E-state index in [0.29, 0.717) is 23.4 Å². The maximum atomic E-state index is 13.4. The summed E-state index contributed by atoms with van der Waals surface area (Å²) in [6.07, 6.45) is 3.26. The normalized spacial score (nSPS) is 25.3. The number of rotatable bonds is 3. The zero-order valence-electron chi connectivity index (χ0n) is 11.3. The molecule has 0 radical (unpaired) electrons. The lowest BCUT2D eigenvalue weighted by atomic mass is 9.87. The molecule has 1 aromatic carbocycles. The smallest absolute Gasteiger partial charge is 0.123 e. The number of aliphatic hydroxyl groups is 1. The molecule has 0 aliphatic carbocycles. The number of hydrogen-bond donors (Lipinski definition) is 1. The van der Waals surface area contributed by atoms with Crippen LogP contribution >= 0.6 is 11.6 Å². The van der Waals surface area contributed by atoms with Gasteiger partial charge in [-0.15, -0.1) is 0 Å². The Morgan fingerprint density at radius 1 is 1.37 bits per heavy atom. The summed E-state index contributed by atoms with van der Waals surface area (Å²) in [6.45, 7) is 5.02. The monoisotopic (exact) mass is 285 g/mol. The maximum Gasteiger partial charge on any atom is 0.123 e. The van der Waals surface area contributed by atoms with E-state index >= 15 is 0 Å². The van der Waals surface area contributed by atoms with Gasteiger partial charge in [0.1, 0.15) is 5.82 Å². The van der Waals surface area contributed by atoms with Crippen LogP contribution in [0.5, 0.6) is 0 Å². The van der Waals surface area contributed by atoms with E-state index < -0.39 is 5.60 Å². The largest absolute Gasteiger partial charge is 0.385 e. The van der Waals surface area contributed by atoms with Crippen LogP contribution in [0.3, 0.4) is 0 Å². The molecule has 1 heterocycles. The van der Waals surface area contributed by atoms with E-state index in [-0.39, 0.29) is 5.82 Å². The van der Waals surface area contributed by atoms with Crippen LogP contribution in [-0.4, -0.2) is 29.6 Å². The summed E-state index contributed by atoms with van der Waals surface area (Å²) >= 11 is 6.13. The summed E-state index contributed by atoms with van der Waals surface area (Å²) < 4.78 is 13.4.